The number of fused-ring (bicyclic) bond motifs is 1. The Morgan fingerprint density at radius 3 is 2.43 bits per heavy atom. The fraction of sp³-hybridized carbons (Fsp3) is 0.379. The fourth-order valence-electron chi connectivity index (χ4n) is 4.93. The Morgan fingerprint density at radius 2 is 1.80 bits per heavy atom. The van der Waals surface area contributed by atoms with Gasteiger partial charge in [0.1, 0.15) is 29.6 Å². The number of nitrogens with one attached hydrogen (secondary N) is 2. The Bertz CT molecular complexity index is 1960. The highest BCUT2D eigenvalue weighted by Gasteiger charge is 2.57. The number of aliphatic hydroxyl groups excluding tert-OH is 1. The number of carbonyl (C=O) groups excluding carboxylic acids is 1. The van der Waals surface area contributed by atoms with E-state index in [1.165, 1.54) is 50.8 Å². The SMILES string of the molecule is CN(NS(C)(=O)=O)c1nc(N)nc2c1ncn2[C@@H]1OC(OP(=O)(NC(C)(C)C(=O)OCc2ccccc2)Oc2ccccc2)C(O)[C@@]1(C)O. The number of hydrazine groups is 1. The van der Waals surface area contributed by atoms with E-state index < -0.39 is 53.5 Å². The maximum Gasteiger partial charge on any atom is 0.462 e. The molecular formula is C29H37N8O10PS. The number of rotatable bonds is 13. The molecule has 1 aliphatic rings. The second-order valence-electron chi connectivity index (χ2n) is 12.0. The molecule has 5 atom stereocenters. The number of benzene rings is 2. The molecule has 2 aromatic carbocycles. The number of anilines is 2. The van der Waals surface area contributed by atoms with Crippen LogP contribution in [0.1, 0.15) is 32.6 Å². The zero-order valence-electron chi connectivity index (χ0n) is 27.1. The van der Waals surface area contributed by atoms with Crippen molar-refractivity contribution in [2.45, 2.75) is 57.1 Å². The van der Waals surface area contributed by atoms with E-state index in [4.69, 9.17) is 24.3 Å². The quantitative estimate of drug-likeness (QED) is 0.0748. The van der Waals surface area contributed by atoms with Gasteiger partial charge in [0, 0.05) is 7.05 Å². The summed E-state index contributed by atoms with van der Waals surface area (Å²) in [6.45, 7) is 4.00. The zero-order valence-corrected chi connectivity index (χ0v) is 28.8. The van der Waals surface area contributed by atoms with Gasteiger partial charge in [-0.25, -0.2) is 18.0 Å². The molecule has 0 amide bonds. The molecule has 0 spiro atoms. The van der Waals surface area contributed by atoms with Gasteiger partial charge in [0.05, 0.1) is 12.6 Å². The zero-order chi connectivity index (χ0) is 35.8. The summed E-state index contributed by atoms with van der Waals surface area (Å²) < 4.78 is 62.3. The van der Waals surface area contributed by atoms with Crippen LogP contribution in [-0.2, 0) is 40.0 Å². The predicted molar refractivity (Wildman–Crippen MR) is 176 cm³/mol. The number of nitrogens with two attached hydrogens (primary N) is 1. The third kappa shape index (κ3) is 8.17. The summed E-state index contributed by atoms with van der Waals surface area (Å²) in [6, 6.07) is 16.9. The molecule has 1 saturated heterocycles. The lowest BCUT2D eigenvalue weighted by molar-refractivity contribution is -0.152. The van der Waals surface area contributed by atoms with Crippen molar-refractivity contribution in [2.24, 2.45) is 0 Å². The Hall–Kier alpha value is -4.20. The van der Waals surface area contributed by atoms with E-state index in [1.54, 1.807) is 42.5 Å². The monoisotopic (exact) mass is 720 g/mol. The van der Waals surface area contributed by atoms with Crippen molar-refractivity contribution in [2.75, 3.05) is 24.0 Å². The van der Waals surface area contributed by atoms with Crippen LogP contribution in [0.5, 0.6) is 5.75 Å². The number of aliphatic hydroxyl groups is 2. The van der Waals surface area contributed by atoms with Crippen LogP contribution in [0, 0.1) is 0 Å². The summed E-state index contributed by atoms with van der Waals surface area (Å²) in [5.74, 6) is -0.995. The molecule has 0 radical (unpaired) electrons. The lowest BCUT2D eigenvalue weighted by Gasteiger charge is -2.31. The second kappa shape index (κ2) is 13.6. The molecule has 5 rings (SSSR count). The van der Waals surface area contributed by atoms with Crippen LogP contribution < -0.4 is 25.2 Å². The molecule has 264 valence electrons. The summed E-state index contributed by atoms with van der Waals surface area (Å²) in [5, 5.41) is 26.4. The maximum atomic E-state index is 14.4. The smallest absolute Gasteiger partial charge is 0.459 e. The average Bonchev–Trinajstić information content (AvgIpc) is 3.52. The number of nitrogens with zero attached hydrogens (tertiary/aromatic N) is 5. The number of esters is 1. The van der Waals surface area contributed by atoms with E-state index in [9.17, 15) is 28.0 Å². The highest BCUT2D eigenvalue weighted by Crippen LogP contribution is 2.52. The van der Waals surface area contributed by atoms with E-state index in [2.05, 4.69) is 24.9 Å². The van der Waals surface area contributed by atoms with Crippen LogP contribution in [0.4, 0.5) is 11.8 Å². The summed E-state index contributed by atoms with van der Waals surface area (Å²) in [4.78, 5) is 27.9. The Morgan fingerprint density at radius 1 is 1.16 bits per heavy atom. The fourth-order valence-corrected chi connectivity index (χ4v) is 7.26. The van der Waals surface area contributed by atoms with Crippen molar-refractivity contribution in [3.63, 3.8) is 0 Å². The van der Waals surface area contributed by atoms with Crippen LogP contribution in [0.25, 0.3) is 11.2 Å². The number of aromatic nitrogens is 4. The van der Waals surface area contributed by atoms with Crippen molar-refractivity contribution in [1.82, 2.24) is 29.4 Å². The van der Waals surface area contributed by atoms with Gasteiger partial charge in [0.15, 0.2) is 23.2 Å². The van der Waals surface area contributed by atoms with Crippen molar-refractivity contribution in [3.05, 3.63) is 72.6 Å². The van der Waals surface area contributed by atoms with E-state index in [0.29, 0.717) is 0 Å². The lowest BCUT2D eigenvalue weighted by Crippen LogP contribution is -2.48. The largest absolute Gasteiger partial charge is 0.462 e. The van der Waals surface area contributed by atoms with E-state index in [1.807, 2.05) is 6.07 Å². The topological polar surface area (TPSA) is 243 Å². The van der Waals surface area contributed by atoms with E-state index in [0.717, 1.165) is 16.8 Å². The first kappa shape index (κ1) is 36.1. The molecule has 1 aliphatic heterocycles. The van der Waals surface area contributed by atoms with Gasteiger partial charge in [-0.2, -0.15) is 15.1 Å². The number of nitrogen functional groups attached to an aromatic ring is 1. The van der Waals surface area contributed by atoms with E-state index >= 15 is 0 Å². The first-order valence-electron chi connectivity index (χ1n) is 14.7. The van der Waals surface area contributed by atoms with Crippen LogP contribution in [0.15, 0.2) is 67.0 Å². The maximum absolute atomic E-state index is 14.4. The third-order valence-corrected chi connectivity index (χ3v) is 9.64. The number of hydrogen-bond acceptors (Lipinski definition) is 15. The molecule has 3 heterocycles. The molecule has 4 aromatic rings. The van der Waals surface area contributed by atoms with Gasteiger partial charge in [0.25, 0.3) is 0 Å². The van der Waals surface area contributed by atoms with Gasteiger partial charge in [0.2, 0.25) is 22.3 Å². The number of para-hydroxylation sites is 1. The Kier molecular flexibility index (Phi) is 10.0. The molecule has 0 saturated carbocycles. The predicted octanol–water partition coefficient (Wildman–Crippen LogP) is 1.59. The van der Waals surface area contributed by atoms with Crippen LogP contribution in [-0.4, -0.2) is 81.0 Å². The van der Waals surface area contributed by atoms with E-state index in [-0.39, 0.29) is 35.3 Å². The molecule has 0 bridgehead atoms. The van der Waals surface area contributed by atoms with Crippen LogP contribution in [0.2, 0.25) is 0 Å². The molecule has 1 fully saturated rings. The number of imidazole rings is 1. The van der Waals surface area contributed by atoms with Gasteiger partial charge in [-0.15, -0.1) is 4.83 Å². The van der Waals surface area contributed by atoms with Crippen LogP contribution in [0.3, 0.4) is 0 Å². The highest BCUT2D eigenvalue weighted by atomic mass is 32.2. The van der Waals surface area contributed by atoms with Gasteiger partial charge < -0.3 is 29.9 Å². The average molecular weight is 721 g/mol. The first-order chi connectivity index (χ1) is 22.9. The summed E-state index contributed by atoms with van der Waals surface area (Å²) in [6.07, 6.45) is -3.01. The first-order valence-corrected chi connectivity index (χ1v) is 18.1. The van der Waals surface area contributed by atoms with Crippen molar-refractivity contribution < 1.29 is 46.5 Å². The number of hydrogen-bond donors (Lipinski definition) is 5. The van der Waals surface area contributed by atoms with Gasteiger partial charge in [-0.05, 0) is 38.5 Å². The number of carbonyl (C=O) groups is 1. The van der Waals surface area contributed by atoms with Crippen molar-refractivity contribution in [1.29, 1.82) is 0 Å². The number of ether oxygens (including phenoxy) is 2. The van der Waals surface area contributed by atoms with Gasteiger partial charge in [-0.1, -0.05) is 48.5 Å². The molecule has 20 heteroatoms. The molecule has 6 N–H and O–H groups in total. The van der Waals surface area contributed by atoms with Crippen LogP contribution >= 0.6 is 7.75 Å². The molecule has 49 heavy (non-hydrogen) atoms. The molecule has 18 nitrogen and oxygen atoms in total. The molecule has 2 aromatic heterocycles. The standard InChI is InChI=1S/C29H37N8O10PS/c1-28(2,26(39)44-16-18-12-8-6-9-13-18)34-48(41,46-19-14-10-7-11-15-19)47-24-21(38)29(3,40)25(45-24)37-17-31-20-22(32-27(30)33-23(20)37)36(4)35-49(5,42)43/h6-15,17,21,24-25,35,38,40H,16H2,1-5H3,(H,34,41)(H2,30,32,33)/t21?,24?,25-,29-,48?/m1/s1. The van der Waals surface area contributed by atoms with Crippen molar-refractivity contribution >= 4 is 46.7 Å². The van der Waals surface area contributed by atoms with Gasteiger partial charge in [-0.3, -0.25) is 18.9 Å². The minimum absolute atomic E-state index is 0.00749. The lowest BCUT2D eigenvalue weighted by atomic mass is 9.99. The number of sulfonamides is 1. The Labute approximate surface area is 281 Å². The summed E-state index contributed by atoms with van der Waals surface area (Å²) >= 11 is 0. The van der Waals surface area contributed by atoms with Gasteiger partial charge >= 0.3 is 13.7 Å². The second-order valence-corrected chi connectivity index (χ2v) is 15.3. The summed E-state index contributed by atoms with van der Waals surface area (Å²) in [5.41, 5.74) is 2.90. The minimum Gasteiger partial charge on any atom is -0.459 e. The highest BCUT2D eigenvalue weighted by molar-refractivity contribution is 7.88. The molecule has 3 unspecified atom stereocenters. The molecule has 0 aliphatic carbocycles. The van der Waals surface area contributed by atoms with Crippen molar-refractivity contribution in [3.8, 4) is 5.75 Å². The summed E-state index contributed by atoms with van der Waals surface area (Å²) in [7, 11) is -6.99. The third-order valence-electron chi connectivity index (χ3n) is 7.26. The molecular weight excluding hydrogens is 683 g/mol. The minimum atomic E-state index is -4.64. The normalized spacial score (nSPS) is 22.5. The Balaban J connectivity index is 1.43.